The Morgan fingerprint density at radius 3 is 2.56 bits per heavy atom. The molecule has 88 valence electrons. The third-order valence-electron chi connectivity index (χ3n) is 3.07. The van der Waals surface area contributed by atoms with Gasteiger partial charge in [-0.1, -0.05) is 13.8 Å². The molecule has 4 nitrogen and oxygen atoms in total. The van der Waals surface area contributed by atoms with Crippen molar-refractivity contribution < 1.29 is 15.0 Å². The van der Waals surface area contributed by atoms with Crippen LogP contribution in [0.25, 0.3) is 0 Å². The highest BCUT2D eigenvalue weighted by Crippen LogP contribution is 2.51. The minimum Gasteiger partial charge on any atom is -0.479 e. The molecule has 2 N–H and O–H groups in total. The number of carboxylic acids is 1. The van der Waals surface area contributed by atoms with Gasteiger partial charge in [-0.05, 0) is 12.8 Å². The Balaban J connectivity index is 2.26. The van der Waals surface area contributed by atoms with E-state index in [2.05, 4.69) is 18.8 Å². The van der Waals surface area contributed by atoms with Crippen LogP contribution in [-0.4, -0.2) is 27.3 Å². The number of aliphatic carboxylic acids is 1. The molecule has 1 unspecified atom stereocenters. The predicted molar refractivity (Wildman–Crippen MR) is 60.8 cm³/mol. The number of thiazole rings is 1. The minimum absolute atomic E-state index is 0.344. The van der Waals surface area contributed by atoms with E-state index in [1.807, 2.05) is 5.38 Å². The van der Waals surface area contributed by atoms with E-state index >= 15 is 0 Å². The Bertz CT molecular complexity index is 409. The highest BCUT2D eigenvalue weighted by atomic mass is 32.1. The van der Waals surface area contributed by atoms with E-state index in [0.29, 0.717) is 18.8 Å². The molecule has 1 atom stereocenters. The van der Waals surface area contributed by atoms with Crippen LogP contribution < -0.4 is 0 Å². The number of aliphatic hydroxyl groups is 1. The molecular formula is C11H15NO3S. The number of carboxylic acid groups (broad SMARTS) is 1. The zero-order valence-electron chi connectivity index (χ0n) is 9.30. The number of aromatic nitrogens is 1. The minimum atomic E-state index is -1.32. The molecule has 16 heavy (non-hydrogen) atoms. The molecule has 0 bridgehead atoms. The van der Waals surface area contributed by atoms with Crippen LogP contribution in [0.3, 0.4) is 0 Å². The number of rotatable bonds is 4. The lowest BCUT2D eigenvalue weighted by Crippen LogP contribution is -2.34. The Labute approximate surface area is 98.0 Å². The van der Waals surface area contributed by atoms with Gasteiger partial charge in [0.2, 0.25) is 0 Å². The number of nitrogens with zero attached hydrogens (tertiary/aromatic N) is 1. The van der Waals surface area contributed by atoms with Gasteiger partial charge in [-0.15, -0.1) is 11.3 Å². The average molecular weight is 241 g/mol. The molecule has 1 heterocycles. The van der Waals surface area contributed by atoms with Gasteiger partial charge in [0.25, 0.3) is 0 Å². The van der Waals surface area contributed by atoms with Crippen molar-refractivity contribution in [2.45, 2.75) is 44.1 Å². The molecule has 5 heteroatoms. The van der Waals surface area contributed by atoms with Gasteiger partial charge in [-0.3, -0.25) is 0 Å². The lowest BCUT2D eigenvalue weighted by molar-refractivity contribution is -0.148. The molecule has 1 aliphatic carbocycles. The molecular weight excluding hydrogens is 226 g/mol. The lowest BCUT2D eigenvalue weighted by atomic mass is 9.96. The second-order valence-corrected chi connectivity index (χ2v) is 5.51. The normalized spacial score (nSPS) is 19.8. The molecule has 0 saturated heterocycles. The first-order valence-corrected chi connectivity index (χ1v) is 6.22. The Morgan fingerprint density at radius 2 is 2.19 bits per heavy atom. The van der Waals surface area contributed by atoms with E-state index in [0.717, 1.165) is 10.7 Å². The summed E-state index contributed by atoms with van der Waals surface area (Å²) in [4.78, 5) is 15.3. The van der Waals surface area contributed by atoms with Crippen molar-refractivity contribution in [2.24, 2.45) is 0 Å². The lowest BCUT2D eigenvalue weighted by Gasteiger charge is -2.16. The van der Waals surface area contributed by atoms with Gasteiger partial charge < -0.3 is 10.2 Å². The summed E-state index contributed by atoms with van der Waals surface area (Å²) in [6.45, 7) is 4.10. The van der Waals surface area contributed by atoms with Crippen LogP contribution in [0, 0.1) is 0 Å². The third-order valence-corrected chi connectivity index (χ3v) is 4.22. The second kappa shape index (κ2) is 3.82. The van der Waals surface area contributed by atoms with Crippen LogP contribution >= 0.6 is 11.3 Å². The molecule has 0 spiro atoms. The highest BCUT2D eigenvalue weighted by Gasteiger charge is 2.55. The summed E-state index contributed by atoms with van der Waals surface area (Å²) in [5.41, 5.74) is 0.131. The summed E-state index contributed by atoms with van der Waals surface area (Å²) in [5.74, 6) is -0.812. The summed E-state index contributed by atoms with van der Waals surface area (Å²) >= 11 is 1.54. The van der Waals surface area contributed by atoms with Crippen LogP contribution in [0.5, 0.6) is 0 Å². The first kappa shape index (κ1) is 11.5. The number of hydrogen-bond acceptors (Lipinski definition) is 4. The zero-order valence-corrected chi connectivity index (χ0v) is 10.1. The maximum atomic E-state index is 10.8. The monoisotopic (exact) mass is 241 g/mol. The van der Waals surface area contributed by atoms with Crippen molar-refractivity contribution >= 4 is 17.3 Å². The van der Waals surface area contributed by atoms with Gasteiger partial charge in [0, 0.05) is 11.3 Å². The Kier molecular flexibility index (Phi) is 2.75. The number of carbonyl (C=O) groups is 1. The smallest absolute Gasteiger partial charge is 0.333 e. The van der Waals surface area contributed by atoms with Gasteiger partial charge in [-0.2, -0.15) is 0 Å². The van der Waals surface area contributed by atoms with Gasteiger partial charge in [0.05, 0.1) is 16.1 Å². The molecule has 1 aromatic rings. The van der Waals surface area contributed by atoms with Crippen LogP contribution in [0.15, 0.2) is 5.38 Å². The fourth-order valence-electron chi connectivity index (χ4n) is 1.82. The van der Waals surface area contributed by atoms with Gasteiger partial charge >= 0.3 is 5.97 Å². The Morgan fingerprint density at radius 1 is 1.56 bits per heavy atom. The van der Waals surface area contributed by atoms with E-state index in [-0.39, 0.29) is 0 Å². The fraction of sp³-hybridized carbons (Fsp3) is 0.636. The molecule has 0 amide bonds. The van der Waals surface area contributed by atoms with Gasteiger partial charge in [0.15, 0.2) is 6.10 Å². The van der Waals surface area contributed by atoms with Crippen molar-refractivity contribution in [3.8, 4) is 0 Å². The molecule has 0 radical (unpaired) electrons. The quantitative estimate of drug-likeness (QED) is 0.842. The molecule has 0 aliphatic heterocycles. The maximum Gasteiger partial charge on any atom is 0.333 e. The zero-order chi connectivity index (χ0) is 11.9. The van der Waals surface area contributed by atoms with E-state index in [4.69, 9.17) is 5.11 Å². The van der Waals surface area contributed by atoms with Crippen LogP contribution in [-0.2, 0) is 10.2 Å². The molecule has 1 aromatic heterocycles. The van der Waals surface area contributed by atoms with E-state index in [1.165, 1.54) is 11.3 Å². The van der Waals surface area contributed by atoms with Crippen molar-refractivity contribution in [3.05, 3.63) is 16.1 Å². The SMILES string of the molecule is CC(C)c1nc(C2(C(O)C(=O)O)CC2)cs1. The first-order chi connectivity index (χ1) is 7.47. The van der Waals surface area contributed by atoms with Gasteiger partial charge in [-0.25, -0.2) is 9.78 Å². The number of aliphatic hydroxyl groups excluding tert-OH is 1. The van der Waals surface area contributed by atoms with Crippen molar-refractivity contribution in [1.82, 2.24) is 4.98 Å². The average Bonchev–Trinajstić information content (AvgIpc) is 2.87. The van der Waals surface area contributed by atoms with Crippen LogP contribution in [0.4, 0.5) is 0 Å². The summed E-state index contributed by atoms with van der Waals surface area (Å²) in [5, 5.41) is 21.4. The van der Waals surface area contributed by atoms with Crippen molar-refractivity contribution in [2.75, 3.05) is 0 Å². The topological polar surface area (TPSA) is 70.4 Å². The molecule has 1 saturated carbocycles. The standard InChI is InChI=1S/C11H15NO3S/c1-6(2)9-12-7(5-16-9)11(3-4-11)8(13)10(14)15/h5-6,8,13H,3-4H2,1-2H3,(H,14,15). The summed E-state index contributed by atoms with van der Waals surface area (Å²) in [7, 11) is 0. The molecule has 0 aromatic carbocycles. The molecule has 1 aliphatic rings. The number of hydrogen-bond donors (Lipinski definition) is 2. The summed E-state index contributed by atoms with van der Waals surface area (Å²) in [6.07, 6.45) is 0.0957. The van der Waals surface area contributed by atoms with E-state index in [9.17, 15) is 9.90 Å². The van der Waals surface area contributed by atoms with Crippen LogP contribution in [0.2, 0.25) is 0 Å². The third kappa shape index (κ3) is 1.74. The summed E-state index contributed by atoms with van der Waals surface area (Å²) < 4.78 is 0. The predicted octanol–water partition coefficient (Wildman–Crippen LogP) is 1.74. The van der Waals surface area contributed by atoms with Crippen molar-refractivity contribution in [3.63, 3.8) is 0 Å². The maximum absolute atomic E-state index is 10.8. The Hall–Kier alpha value is -0.940. The fourth-order valence-corrected chi connectivity index (χ4v) is 2.77. The second-order valence-electron chi connectivity index (χ2n) is 4.62. The van der Waals surface area contributed by atoms with Crippen LogP contribution in [0.1, 0.15) is 43.3 Å². The van der Waals surface area contributed by atoms with E-state index in [1.54, 1.807) is 0 Å². The van der Waals surface area contributed by atoms with Gasteiger partial charge in [0.1, 0.15) is 0 Å². The first-order valence-electron chi connectivity index (χ1n) is 5.34. The highest BCUT2D eigenvalue weighted by molar-refractivity contribution is 7.09. The molecule has 2 rings (SSSR count). The molecule has 1 fully saturated rings. The largest absolute Gasteiger partial charge is 0.479 e. The van der Waals surface area contributed by atoms with E-state index < -0.39 is 17.5 Å². The summed E-state index contributed by atoms with van der Waals surface area (Å²) in [6, 6.07) is 0. The van der Waals surface area contributed by atoms with Crippen molar-refractivity contribution in [1.29, 1.82) is 0 Å².